The average molecular weight is 648 g/mol. The van der Waals surface area contributed by atoms with E-state index in [2.05, 4.69) is 26.2 Å². The molecule has 0 amide bonds. The zero-order valence-corrected chi connectivity index (χ0v) is 26.5. The average Bonchev–Trinajstić information content (AvgIpc) is 3.70. The summed E-state index contributed by atoms with van der Waals surface area (Å²) < 4.78 is 52.4. The summed E-state index contributed by atoms with van der Waals surface area (Å²) in [6.07, 6.45) is 4.99. The van der Waals surface area contributed by atoms with E-state index in [-0.39, 0.29) is 37.8 Å². The van der Waals surface area contributed by atoms with Crippen LogP contribution in [-0.4, -0.2) is 72.5 Å². The van der Waals surface area contributed by atoms with Gasteiger partial charge in [0.15, 0.2) is 5.82 Å². The first kappa shape index (κ1) is 29.7. The first-order valence-electron chi connectivity index (χ1n) is 16.1. The van der Waals surface area contributed by atoms with Gasteiger partial charge in [0.25, 0.3) is 0 Å². The van der Waals surface area contributed by atoms with Gasteiger partial charge in [-0.15, -0.1) is 11.3 Å². The molecule has 8 nitrogen and oxygen atoms in total. The van der Waals surface area contributed by atoms with Gasteiger partial charge >= 0.3 is 6.01 Å². The number of aryl methyl sites for hydroxylation is 1. The number of benzene rings is 2. The molecule has 1 aliphatic carbocycles. The van der Waals surface area contributed by atoms with Crippen LogP contribution in [0, 0.1) is 35.3 Å². The second kappa shape index (κ2) is 11.2. The number of halogens is 3. The van der Waals surface area contributed by atoms with Crippen molar-refractivity contribution in [2.75, 3.05) is 50.0 Å². The van der Waals surface area contributed by atoms with E-state index in [4.69, 9.17) is 15.5 Å². The smallest absolute Gasteiger partial charge is 0.319 e. The highest BCUT2D eigenvalue weighted by Gasteiger charge is 2.41. The molecule has 0 radical (unpaired) electrons. The van der Waals surface area contributed by atoms with Crippen molar-refractivity contribution in [2.24, 2.45) is 5.41 Å². The van der Waals surface area contributed by atoms with E-state index in [9.17, 15) is 14.0 Å². The minimum atomic E-state index is -0.781. The summed E-state index contributed by atoms with van der Waals surface area (Å²) >= 11 is 0.987. The maximum absolute atomic E-state index is 17.0. The lowest BCUT2D eigenvalue weighted by Gasteiger charge is -2.43. The standard InChI is InChI=1S/C34H36F3N7OS/c1-18-11-23-29(28(37)26(18)22-5-6-25(36)30-27(22)24(12-38)31(39)46-30)41-33(42-32(23)44-14-20-3-4-21(15-44)40-20)45-17-34(8-2-9-34)16-43-10-7-19(35)13-43/h5-6,11,19-21,40H,2-4,7-10,13-17,39H2,1H3/t19-,20?,21?/m1/s1. The monoisotopic (exact) mass is 647 g/mol. The number of alkyl halides is 1. The highest BCUT2D eigenvalue weighted by atomic mass is 32.1. The molecule has 3 aliphatic heterocycles. The van der Waals surface area contributed by atoms with Crippen molar-refractivity contribution in [3.8, 4) is 23.2 Å². The predicted molar refractivity (Wildman–Crippen MR) is 174 cm³/mol. The number of rotatable bonds is 7. The summed E-state index contributed by atoms with van der Waals surface area (Å²) in [6.45, 7) is 5.63. The summed E-state index contributed by atoms with van der Waals surface area (Å²) in [6, 6.07) is 7.55. The van der Waals surface area contributed by atoms with Gasteiger partial charge in [-0.3, -0.25) is 4.90 Å². The Hall–Kier alpha value is -3.66. The predicted octanol–water partition coefficient (Wildman–Crippen LogP) is 6.09. The number of anilines is 2. The van der Waals surface area contributed by atoms with Crippen LogP contribution < -0.4 is 20.7 Å². The van der Waals surface area contributed by atoms with Gasteiger partial charge < -0.3 is 20.7 Å². The Morgan fingerprint density at radius 1 is 1.15 bits per heavy atom. The number of likely N-dealkylation sites (tertiary alicyclic amines) is 1. The van der Waals surface area contributed by atoms with Gasteiger partial charge in [0.2, 0.25) is 0 Å². The molecular weight excluding hydrogens is 611 g/mol. The molecule has 4 aromatic rings. The molecule has 3 N–H and O–H groups in total. The van der Waals surface area contributed by atoms with Gasteiger partial charge in [-0.1, -0.05) is 12.5 Å². The molecule has 4 fully saturated rings. The normalized spacial score (nSPS) is 24.1. The molecule has 8 rings (SSSR count). The highest BCUT2D eigenvalue weighted by Crippen LogP contribution is 2.45. The van der Waals surface area contributed by atoms with Crippen LogP contribution in [0.1, 0.15) is 49.7 Å². The lowest BCUT2D eigenvalue weighted by molar-refractivity contribution is 0.0196. The van der Waals surface area contributed by atoms with Crippen molar-refractivity contribution in [1.29, 1.82) is 5.26 Å². The number of nitriles is 1. The van der Waals surface area contributed by atoms with E-state index in [1.54, 1.807) is 0 Å². The maximum atomic E-state index is 17.0. The Morgan fingerprint density at radius 2 is 1.93 bits per heavy atom. The van der Waals surface area contributed by atoms with E-state index in [0.717, 1.165) is 69.6 Å². The van der Waals surface area contributed by atoms with Crippen LogP contribution in [-0.2, 0) is 0 Å². The fraction of sp³-hybridized carbons (Fsp3) is 0.500. The molecular formula is C34H36F3N7OS. The van der Waals surface area contributed by atoms with Gasteiger partial charge in [0.05, 0.1) is 16.9 Å². The summed E-state index contributed by atoms with van der Waals surface area (Å²) in [4.78, 5) is 14.0. The van der Waals surface area contributed by atoms with Gasteiger partial charge in [0, 0.05) is 66.6 Å². The quantitative estimate of drug-likeness (QED) is 0.249. The highest BCUT2D eigenvalue weighted by molar-refractivity contribution is 7.23. The van der Waals surface area contributed by atoms with Crippen LogP contribution in [0.25, 0.3) is 32.1 Å². The second-order valence-corrected chi connectivity index (χ2v) is 14.7. The molecule has 4 aliphatic rings. The van der Waals surface area contributed by atoms with Gasteiger partial charge in [-0.25, -0.2) is 13.2 Å². The number of nitrogen functional groups attached to an aromatic ring is 1. The molecule has 2 aromatic heterocycles. The first-order chi connectivity index (χ1) is 22.2. The maximum Gasteiger partial charge on any atom is 0.319 e. The fourth-order valence-corrected chi connectivity index (χ4v) is 9.03. The summed E-state index contributed by atoms with van der Waals surface area (Å²) in [5.41, 5.74) is 7.51. The van der Waals surface area contributed by atoms with E-state index >= 15 is 4.39 Å². The van der Waals surface area contributed by atoms with Crippen molar-refractivity contribution < 1.29 is 17.9 Å². The molecule has 2 unspecified atom stereocenters. The Balaban J connectivity index is 1.24. The van der Waals surface area contributed by atoms with E-state index in [1.165, 1.54) is 12.1 Å². The largest absolute Gasteiger partial charge is 0.463 e. The minimum absolute atomic E-state index is 0.111. The molecule has 3 saturated heterocycles. The third kappa shape index (κ3) is 4.95. The zero-order valence-electron chi connectivity index (χ0n) is 25.7. The van der Waals surface area contributed by atoms with Crippen LogP contribution in [0.2, 0.25) is 0 Å². The molecule has 5 heterocycles. The minimum Gasteiger partial charge on any atom is -0.463 e. The Bertz CT molecular complexity index is 1890. The molecule has 12 heteroatoms. The topological polar surface area (TPSA) is 103 Å². The van der Waals surface area contributed by atoms with Crippen LogP contribution >= 0.6 is 11.3 Å². The van der Waals surface area contributed by atoms with Crippen LogP contribution in [0.5, 0.6) is 6.01 Å². The fourth-order valence-electron chi connectivity index (χ4n) is 8.08. The van der Waals surface area contributed by atoms with Crippen LogP contribution in [0.4, 0.5) is 24.0 Å². The third-order valence-electron chi connectivity index (χ3n) is 10.5. The summed E-state index contributed by atoms with van der Waals surface area (Å²) in [5.74, 6) is -0.450. The number of thiophene rings is 1. The van der Waals surface area contributed by atoms with Crippen molar-refractivity contribution >= 4 is 43.1 Å². The number of hydrogen-bond acceptors (Lipinski definition) is 9. The van der Waals surface area contributed by atoms with Crippen molar-refractivity contribution in [3.63, 3.8) is 0 Å². The van der Waals surface area contributed by atoms with Gasteiger partial charge in [-0.2, -0.15) is 15.2 Å². The lowest BCUT2D eigenvalue weighted by Crippen LogP contribution is -2.51. The Morgan fingerprint density at radius 3 is 2.61 bits per heavy atom. The molecule has 46 heavy (non-hydrogen) atoms. The van der Waals surface area contributed by atoms with E-state index in [1.807, 2.05) is 13.0 Å². The van der Waals surface area contributed by atoms with Crippen LogP contribution in [0.3, 0.4) is 0 Å². The van der Waals surface area contributed by atoms with Crippen molar-refractivity contribution in [3.05, 3.63) is 41.0 Å². The van der Waals surface area contributed by atoms with Gasteiger partial charge in [0.1, 0.15) is 34.4 Å². The number of nitrogens with one attached hydrogen (secondary N) is 1. The molecule has 0 spiro atoms. The number of ether oxygens (including phenoxy) is 1. The molecule has 2 aromatic carbocycles. The number of nitrogens with zero attached hydrogens (tertiary/aromatic N) is 5. The number of aromatic nitrogens is 2. The second-order valence-electron chi connectivity index (χ2n) is 13.7. The van der Waals surface area contributed by atoms with E-state index < -0.39 is 17.8 Å². The zero-order chi connectivity index (χ0) is 31.7. The molecule has 1 saturated carbocycles. The summed E-state index contributed by atoms with van der Waals surface area (Å²) in [5, 5.41) is 14.6. The van der Waals surface area contributed by atoms with E-state index in [0.29, 0.717) is 59.4 Å². The molecule has 2 bridgehead atoms. The third-order valence-corrected chi connectivity index (χ3v) is 11.5. The first-order valence-corrected chi connectivity index (χ1v) is 17.0. The van der Waals surface area contributed by atoms with Crippen molar-refractivity contribution in [1.82, 2.24) is 20.2 Å². The summed E-state index contributed by atoms with van der Waals surface area (Å²) in [7, 11) is 0. The van der Waals surface area contributed by atoms with Crippen molar-refractivity contribution in [2.45, 2.75) is 63.7 Å². The number of hydrogen-bond donors (Lipinski definition) is 2. The molecule has 240 valence electrons. The Kier molecular flexibility index (Phi) is 7.27. The van der Waals surface area contributed by atoms with Gasteiger partial charge in [-0.05, 0) is 62.3 Å². The number of fused-ring (bicyclic) bond motifs is 4. The lowest BCUT2D eigenvalue weighted by atomic mass is 9.69. The number of nitrogens with two attached hydrogens (primary N) is 1. The Labute approximate surface area is 269 Å². The number of piperazine rings is 1. The SMILES string of the molecule is Cc1cc2c(N3CC4CCC(C3)N4)nc(OCC3(CN4CC[C@@H](F)C4)CCC3)nc2c(F)c1-c1ccc(F)c2sc(N)c(C#N)c12. The van der Waals surface area contributed by atoms with Crippen LogP contribution in [0.15, 0.2) is 18.2 Å². The molecule has 3 atom stereocenters.